The van der Waals surface area contributed by atoms with Crippen molar-refractivity contribution in [3.63, 3.8) is 0 Å². The Balaban J connectivity index is 2.44. The summed E-state index contributed by atoms with van der Waals surface area (Å²) in [5.41, 5.74) is 10.8. The maximum atomic E-state index is 5.80. The van der Waals surface area contributed by atoms with Gasteiger partial charge in [0.05, 0.1) is 0 Å². The number of nitrogen functional groups attached to an aromatic ring is 1. The van der Waals surface area contributed by atoms with Crippen LogP contribution in [0.2, 0.25) is 0 Å². The van der Waals surface area contributed by atoms with Gasteiger partial charge in [0.15, 0.2) is 0 Å². The predicted octanol–water partition coefficient (Wildman–Crippen LogP) is 4.21. The zero-order valence-corrected chi connectivity index (χ0v) is 13.0. The lowest BCUT2D eigenvalue weighted by atomic mass is 9.67. The predicted molar refractivity (Wildman–Crippen MR) is 88.2 cm³/mol. The van der Waals surface area contributed by atoms with E-state index in [2.05, 4.69) is 57.3 Å². The SMILES string of the molecule is CCNC1=CC=C(c2ccc(N)cc2)C(CC)C1(C)C. The van der Waals surface area contributed by atoms with Crippen LogP contribution in [-0.4, -0.2) is 6.54 Å². The summed E-state index contributed by atoms with van der Waals surface area (Å²) in [6, 6.07) is 8.23. The van der Waals surface area contributed by atoms with Crippen molar-refractivity contribution >= 4 is 11.3 Å². The summed E-state index contributed by atoms with van der Waals surface area (Å²) in [5.74, 6) is 0.519. The van der Waals surface area contributed by atoms with E-state index in [9.17, 15) is 0 Å². The van der Waals surface area contributed by atoms with E-state index in [-0.39, 0.29) is 5.41 Å². The van der Waals surface area contributed by atoms with Crippen molar-refractivity contribution in [3.8, 4) is 0 Å². The monoisotopic (exact) mass is 270 g/mol. The molecule has 0 aromatic heterocycles. The Morgan fingerprint density at radius 2 is 1.75 bits per heavy atom. The van der Waals surface area contributed by atoms with Crippen LogP contribution in [0, 0.1) is 11.3 Å². The summed E-state index contributed by atoms with van der Waals surface area (Å²) in [6.07, 6.45) is 5.64. The van der Waals surface area contributed by atoms with Crippen LogP contribution in [0.3, 0.4) is 0 Å². The van der Waals surface area contributed by atoms with Gasteiger partial charge >= 0.3 is 0 Å². The van der Waals surface area contributed by atoms with E-state index < -0.39 is 0 Å². The first kappa shape index (κ1) is 14.7. The van der Waals surface area contributed by atoms with Gasteiger partial charge in [0, 0.05) is 23.3 Å². The van der Waals surface area contributed by atoms with Crippen LogP contribution >= 0.6 is 0 Å². The summed E-state index contributed by atoms with van der Waals surface area (Å²) in [6.45, 7) is 10.1. The molecule has 1 unspecified atom stereocenters. The Morgan fingerprint density at radius 3 is 2.30 bits per heavy atom. The lowest BCUT2D eigenvalue weighted by Crippen LogP contribution is -2.35. The van der Waals surface area contributed by atoms with Gasteiger partial charge in [0.1, 0.15) is 0 Å². The molecule has 2 nitrogen and oxygen atoms in total. The summed E-state index contributed by atoms with van der Waals surface area (Å²) in [7, 11) is 0. The lowest BCUT2D eigenvalue weighted by molar-refractivity contribution is 0.300. The second kappa shape index (κ2) is 5.74. The molecule has 1 aliphatic carbocycles. The maximum absolute atomic E-state index is 5.80. The molecule has 1 aromatic rings. The highest BCUT2D eigenvalue weighted by atomic mass is 14.9. The van der Waals surface area contributed by atoms with Crippen LogP contribution in [0.25, 0.3) is 5.57 Å². The van der Waals surface area contributed by atoms with E-state index in [1.165, 1.54) is 16.8 Å². The van der Waals surface area contributed by atoms with Crippen LogP contribution < -0.4 is 11.1 Å². The van der Waals surface area contributed by atoms with E-state index in [1.54, 1.807) is 0 Å². The number of allylic oxidation sites excluding steroid dienone is 4. The number of hydrogen-bond donors (Lipinski definition) is 2. The van der Waals surface area contributed by atoms with Crippen LogP contribution in [0.1, 0.15) is 39.7 Å². The second-order valence-corrected chi connectivity index (χ2v) is 6.04. The van der Waals surface area contributed by atoms with Crippen molar-refractivity contribution < 1.29 is 0 Å². The van der Waals surface area contributed by atoms with Crippen molar-refractivity contribution in [1.29, 1.82) is 0 Å². The van der Waals surface area contributed by atoms with Gasteiger partial charge in [0.25, 0.3) is 0 Å². The maximum Gasteiger partial charge on any atom is 0.0314 e. The Bertz CT molecular complexity index is 521. The largest absolute Gasteiger partial charge is 0.399 e. The third-order valence-corrected chi connectivity index (χ3v) is 4.39. The molecule has 0 fully saturated rings. The van der Waals surface area contributed by atoms with Gasteiger partial charge in [-0.05, 0) is 48.6 Å². The standard InChI is InChI=1S/C18H26N2/c1-5-16-15(13-7-9-14(19)10-8-13)11-12-17(20-6-2)18(16,3)4/h7-12,16,20H,5-6,19H2,1-4H3. The fraction of sp³-hybridized carbons (Fsp3) is 0.444. The van der Waals surface area contributed by atoms with Gasteiger partial charge in [0.2, 0.25) is 0 Å². The van der Waals surface area contributed by atoms with Crippen molar-refractivity contribution in [2.24, 2.45) is 11.3 Å². The van der Waals surface area contributed by atoms with Gasteiger partial charge < -0.3 is 11.1 Å². The van der Waals surface area contributed by atoms with Crippen LogP contribution in [-0.2, 0) is 0 Å². The van der Waals surface area contributed by atoms with Gasteiger partial charge in [-0.1, -0.05) is 39.0 Å². The number of anilines is 1. The molecular formula is C18H26N2. The molecule has 108 valence electrons. The summed E-state index contributed by atoms with van der Waals surface area (Å²) < 4.78 is 0. The second-order valence-electron chi connectivity index (χ2n) is 6.04. The molecule has 1 aromatic carbocycles. The lowest BCUT2D eigenvalue weighted by Gasteiger charge is -2.40. The first-order valence-electron chi connectivity index (χ1n) is 7.52. The molecule has 3 N–H and O–H groups in total. The van der Waals surface area contributed by atoms with Crippen LogP contribution in [0.5, 0.6) is 0 Å². The number of nitrogens with one attached hydrogen (secondary N) is 1. The summed E-state index contributed by atoms with van der Waals surface area (Å²) in [4.78, 5) is 0. The van der Waals surface area contributed by atoms with Crippen LogP contribution in [0.4, 0.5) is 5.69 Å². The Kier molecular flexibility index (Phi) is 4.22. The fourth-order valence-corrected chi connectivity index (χ4v) is 3.26. The molecule has 0 heterocycles. The third kappa shape index (κ3) is 2.60. The minimum absolute atomic E-state index is 0.135. The number of benzene rings is 1. The van der Waals surface area contributed by atoms with E-state index in [1.807, 2.05) is 12.1 Å². The van der Waals surface area contributed by atoms with Gasteiger partial charge in [-0.2, -0.15) is 0 Å². The first-order valence-corrected chi connectivity index (χ1v) is 7.52. The Hall–Kier alpha value is -1.70. The summed E-state index contributed by atoms with van der Waals surface area (Å²) in [5, 5.41) is 3.52. The number of nitrogens with two attached hydrogens (primary N) is 1. The van der Waals surface area contributed by atoms with Gasteiger partial charge in [-0.25, -0.2) is 0 Å². The van der Waals surface area contributed by atoms with Gasteiger partial charge in [-0.3, -0.25) is 0 Å². The van der Waals surface area contributed by atoms with E-state index in [4.69, 9.17) is 5.73 Å². The molecule has 0 spiro atoms. The molecule has 2 heteroatoms. The van der Waals surface area contributed by atoms with Crippen molar-refractivity contribution in [3.05, 3.63) is 47.7 Å². The minimum Gasteiger partial charge on any atom is -0.399 e. The van der Waals surface area contributed by atoms with Crippen LogP contribution in [0.15, 0.2) is 42.1 Å². The molecule has 0 bridgehead atoms. The molecule has 20 heavy (non-hydrogen) atoms. The third-order valence-electron chi connectivity index (χ3n) is 4.39. The zero-order valence-electron chi connectivity index (χ0n) is 13.0. The van der Waals surface area contributed by atoms with Crippen molar-refractivity contribution in [2.45, 2.75) is 34.1 Å². The summed E-state index contributed by atoms with van der Waals surface area (Å²) >= 11 is 0. The molecule has 0 amide bonds. The average molecular weight is 270 g/mol. The average Bonchev–Trinajstić information content (AvgIpc) is 2.41. The minimum atomic E-state index is 0.135. The van der Waals surface area contributed by atoms with E-state index >= 15 is 0 Å². The molecule has 0 radical (unpaired) electrons. The zero-order chi connectivity index (χ0) is 14.8. The quantitative estimate of drug-likeness (QED) is 0.804. The number of rotatable bonds is 4. The molecular weight excluding hydrogens is 244 g/mol. The normalized spacial score (nSPS) is 21.1. The van der Waals surface area contributed by atoms with Gasteiger partial charge in [-0.15, -0.1) is 0 Å². The highest BCUT2D eigenvalue weighted by Crippen LogP contribution is 2.46. The first-order chi connectivity index (χ1) is 9.50. The molecule has 0 aliphatic heterocycles. The van der Waals surface area contributed by atoms with E-state index in [0.717, 1.165) is 18.7 Å². The van der Waals surface area contributed by atoms with E-state index in [0.29, 0.717) is 5.92 Å². The topological polar surface area (TPSA) is 38.0 Å². The Labute approximate surface area is 122 Å². The molecule has 0 saturated heterocycles. The smallest absolute Gasteiger partial charge is 0.0314 e. The highest BCUT2D eigenvalue weighted by molar-refractivity contribution is 5.72. The molecule has 1 aliphatic rings. The molecule has 1 atom stereocenters. The van der Waals surface area contributed by atoms with Crippen molar-refractivity contribution in [1.82, 2.24) is 5.32 Å². The highest BCUT2D eigenvalue weighted by Gasteiger charge is 2.36. The molecule has 2 rings (SSSR count). The fourth-order valence-electron chi connectivity index (χ4n) is 3.26. The number of hydrogen-bond acceptors (Lipinski definition) is 2. The molecule has 0 saturated carbocycles. The Morgan fingerprint density at radius 1 is 1.10 bits per heavy atom. The van der Waals surface area contributed by atoms with Crippen molar-refractivity contribution in [2.75, 3.05) is 12.3 Å².